The van der Waals surface area contributed by atoms with Gasteiger partial charge in [-0.05, 0) is 86.9 Å². The van der Waals surface area contributed by atoms with Crippen molar-refractivity contribution in [2.75, 3.05) is 0 Å². The zero-order chi connectivity index (χ0) is 15.8. The largest absolute Gasteiger partial charge is 0.335 e. The Morgan fingerprint density at radius 2 is 1.61 bits per heavy atom. The molecule has 6 rings (SSSR count). The molecule has 128 valence electrons. The van der Waals surface area contributed by atoms with Crippen LogP contribution in [0.1, 0.15) is 71.6 Å². The van der Waals surface area contributed by atoms with Gasteiger partial charge in [-0.3, -0.25) is 0 Å². The van der Waals surface area contributed by atoms with Crippen molar-refractivity contribution in [3.05, 3.63) is 0 Å². The lowest BCUT2D eigenvalue weighted by Crippen LogP contribution is -2.61. The van der Waals surface area contributed by atoms with Crippen LogP contribution in [-0.2, 0) is 0 Å². The molecule has 0 radical (unpaired) electrons. The Morgan fingerprint density at radius 3 is 2.17 bits per heavy atom. The van der Waals surface area contributed by atoms with Gasteiger partial charge in [0.1, 0.15) is 0 Å². The summed E-state index contributed by atoms with van der Waals surface area (Å²) in [7, 11) is 0. The number of nitrogens with one attached hydrogen (secondary N) is 1. The van der Waals surface area contributed by atoms with E-state index < -0.39 is 0 Å². The first kappa shape index (κ1) is 14.6. The molecular formula is C20H32N2O. The molecule has 4 saturated carbocycles. The molecule has 6 bridgehead atoms. The number of amides is 2. The molecule has 6 fully saturated rings. The molecule has 2 saturated heterocycles. The van der Waals surface area contributed by atoms with E-state index in [1.807, 2.05) is 0 Å². The highest BCUT2D eigenvalue weighted by molar-refractivity contribution is 5.76. The van der Waals surface area contributed by atoms with Crippen LogP contribution in [0.5, 0.6) is 0 Å². The SMILES string of the molecule is CC1C[C@H]2CC[C@@H](C1)N2C(=O)N[C@H]1C2CC3CC1C[C@](C)(C3)C2. The van der Waals surface area contributed by atoms with Crippen LogP contribution in [0.25, 0.3) is 0 Å². The van der Waals surface area contributed by atoms with Gasteiger partial charge in [0.25, 0.3) is 0 Å². The average Bonchev–Trinajstić information content (AvgIpc) is 2.73. The highest BCUT2D eigenvalue weighted by Gasteiger charge is 2.54. The Labute approximate surface area is 140 Å². The van der Waals surface area contributed by atoms with Crippen LogP contribution < -0.4 is 5.32 Å². The summed E-state index contributed by atoms with van der Waals surface area (Å²) in [6.45, 7) is 4.86. The lowest BCUT2D eigenvalue weighted by atomic mass is 9.48. The summed E-state index contributed by atoms with van der Waals surface area (Å²) >= 11 is 0. The van der Waals surface area contributed by atoms with Crippen LogP contribution in [0.2, 0.25) is 0 Å². The zero-order valence-electron chi connectivity index (χ0n) is 14.8. The predicted octanol–water partition coefficient (Wildman–Crippen LogP) is 4.17. The highest BCUT2D eigenvalue weighted by Crippen LogP contribution is 2.59. The molecule has 5 atom stereocenters. The quantitative estimate of drug-likeness (QED) is 0.773. The molecule has 2 amide bonds. The summed E-state index contributed by atoms with van der Waals surface area (Å²) < 4.78 is 0. The number of carbonyl (C=O) groups is 1. The van der Waals surface area contributed by atoms with Crippen LogP contribution >= 0.6 is 0 Å². The maximum Gasteiger partial charge on any atom is 0.318 e. The lowest BCUT2D eigenvalue weighted by Gasteiger charge is -2.59. The molecule has 3 unspecified atom stereocenters. The minimum absolute atomic E-state index is 0.284. The summed E-state index contributed by atoms with van der Waals surface area (Å²) in [5.41, 5.74) is 0.595. The smallest absolute Gasteiger partial charge is 0.318 e. The fraction of sp³-hybridized carbons (Fsp3) is 0.950. The normalized spacial score (nSPS) is 53.7. The number of fused-ring (bicyclic) bond motifs is 2. The van der Waals surface area contributed by atoms with Gasteiger partial charge >= 0.3 is 6.03 Å². The number of piperidine rings is 1. The topological polar surface area (TPSA) is 32.3 Å². The summed E-state index contributed by atoms with van der Waals surface area (Å²) in [6, 6.07) is 1.81. The number of hydrogen-bond donors (Lipinski definition) is 1. The number of hydrogen-bond acceptors (Lipinski definition) is 1. The van der Waals surface area contributed by atoms with Crippen LogP contribution in [-0.4, -0.2) is 29.1 Å². The summed E-state index contributed by atoms with van der Waals surface area (Å²) in [4.78, 5) is 15.3. The molecule has 2 heterocycles. The second-order valence-corrected chi connectivity index (χ2v) is 10.1. The fourth-order valence-corrected chi connectivity index (χ4v) is 7.66. The first-order valence-electron chi connectivity index (χ1n) is 10.1. The Hall–Kier alpha value is -0.730. The van der Waals surface area contributed by atoms with Gasteiger partial charge in [0.05, 0.1) is 0 Å². The van der Waals surface area contributed by atoms with Gasteiger partial charge in [0.2, 0.25) is 0 Å². The van der Waals surface area contributed by atoms with Crippen LogP contribution in [0.3, 0.4) is 0 Å². The van der Waals surface area contributed by atoms with E-state index in [0.717, 1.165) is 23.7 Å². The third-order valence-corrected chi connectivity index (χ3v) is 8.07. The van der Waals surface area contributed by atoms with Crippen molar-refractivity contribution in [2.45, 2.75) is 89.8 Å². The molecule has 23 heavy (non-hydrogen) atoms. The van der Waals surface area contributed by atoms with Crippen molar-refractivity contribution in [3.63, 3.8) is 0 Å². The van der Waals surface area contributed by atoms with Crippen LogP contribution in [0.15, 0.2) is 0 Å². The molecule has 0 aromatic carbocycles. The highest BCUT2D eigenvalue weighted by atomic mass is 16.2. The first-order chi connectivity index (χ1) is 11.0. The van der Waals surface area contributed by atoms with Gasteiger partial charge in [-0.2, -0.15) is 0 Å². The first-order valence-corrected chi connectivity index (χ1v) is 10.1. The number of rotatable bonds is 1. The van der Waals surface area contributed by atoms with Crippen molar-refractivity contribution in [2.24, 2.45) is 29.1 Å². The Kier molecular flexibility index (Phi) is 3.10. The molecule has 0 spiro atoms. The molecule has 0 aromatic rings. The Bertz CT molecular complexity index is 488. The average molecular weight is 316 g/mol. The summed E-state index contributed by atoms with van der Waals surface area (Å²) in [6.07, 6.45) is 11.8. The van der Waals surface area contributed by atoms with Crippen molar-refractivity contribution < 1.29 is 4.79 Å². The monoisotopic (exact) mass is 316 g/mol. The Balaban J connectivity index is 1.30. The van der Waals surface area contributed by atoms with E-state index >= 15 is 0 Å². The van der Waals surface area contributed by atoms with Crippen molar-refractivity contribution in [3.8, 4) is 0 Å². The van der Waals surface area contributed by atoms with E-state index in [-0.39, 0.29) is 6.03 Å². The predicted molar refractivity (Wildman–Crippen MR) is 91.0 cm³/mol. The molecule has 0 aromatic heterocycles. The van der Waals surface area contributed by atoms with E-state index in [9.17, 15) is 4.79 Å². The second-order valence-electron chi connectivity index (χ2n) is 10.1. The second kappa shape index (κ2) is 4.89. The fourth-order valence-electron chi connectivity index (χ4n) is 7.66. The summed E-state index contributed by atoms with van der Waals surface area (Å²) in [5.74, 6) is 3.28. The van der Waals surface area contributed by atoms with Gasteiger partial charge in [-0.1, -0.05) is 13.8 Å². The standard InChI is InChI=1S/C20H32N2O/c1-12-5-16-3-4-17(6-12)22(16)19(23)21-18-14-7-13-8-15(18)11-20(2,9-13)10-14/h12-18H,3-11H2,1-2H3,(H,21,23)/t12?,13?,14?,15?,16-,17+,18-,20+. The third kappa shape index (κ3) is 2.25. The summed E-state index contributed by atoms with van der Waals surface area (Å²) in [5, 5.41) is 3.55. The third-order valence-electron chi connectivity index (χ3n) is 8.07. The molecular weight excluding hydrogens is 284 g/mol. The zero-order valence-corrected chi connectivity index (χ0v) is 14.8. The molecule has 3 nitrogen and oxygen atoms in total. The van der Waals surface area contributed by atoms with E-state index in [1.54, 1.807) is 0 Å². The van der Waals surface area contributed by atoms with E-state index in [2.05, 4.69) is 24.1 Å². The van der Waals surface area contributed by atoms with Crippen molar-refractivity contribution in [1.82, 2.24) is 10.2 Å². The van der Waals surface area contributed by atoms with E-state index in [4.69, 9.17) is 0 Å². The van der Waals surface area contributed by atoms with Gasteiger partial charge < -0.3 is 10.2 Å². The van der Waals surface area contributed by atoms with E-state index in [0.29, 0.717) is 23.5 Å². The maximum atomic E-state index is 13.1. The van der Waals surface area contributed by atoms with Gasteiger partial charge in [-0.25, -0.2) is 4.79 Å². The molecule has 6 aliphatic rings. The lowest BCUT2D eigenvalue weighted by molar-refractivity contribution is -0.0647. The van der Waals surface area contributed by atoms with Crippen LogP contribution in [0.4, 0.5) is 4.79 Å². The minimum atomic E-state index is 0.284. The molecule has 3 heteroatoms. The molecule has 2 aliphatic heterocycles. The van der Waals surface area contributed by atoms with Gasteiger partial charge in [-0.15, -0.1) is 0 Å². The number of urea groups is 1. The minimum Gasteiger partial charge on any atom is -0.335 e. The van der Waals surface area contributed by atoms with Crippen molar-refractivity contribution >= 4 is 6.03 Å². The maximum absolute atomic E-state index is 13.1. The molecule has 4 aliphatic carbocycles. The van der Waals surface area contributed by atoms with Crippen molar-refractivity contribution in [1.29, 1.82) is 0 Å². The number of carbonyl (C=O) groups excluding carboxylic acids is 1. The van der Waals surface area contributed by atoms with Gasteiger partial charge in [0.15, 0.2) is 0 Å². The van der Waals surface area contributed by atoms with Crippen LogP contribution in [0, 0.1) is 29.1 Å². The molecule has 1 N–H and O–H groups in total. The van der Waals surface area contributed by atoms with E-state index in [1.165, 1.54) is 57.8 Å². The number of nitrogens with zero attached hydrogens (tertiary/aromatic N) is 1. The van der Waals surface area contributed by atoms with Gasteiger partial charge in [0, 0.05) is 18.1 Å². The Morgan fingerprint density at radius 1 is 1.00 bits per heavy atom.